The van der Waals surface area contributed by atoms with E-state index in [1.807, 2.05) is 31.2 Å². The minimum Gasteiger partial charge on any atom is -0.497 e. The predicted molar refractivity (Wildman–Crippen MR) is 115 cm³/mol. The van der Waals surface area contributed by atoms with Crippen molar-refractivity contribution in [3.05, 3.63) is 75.2 Å². The minimum atomic E-state index is -0.200. The number of hydrogen-bond donors (Lipinski definition) is 1. The summed E-state index contributed by atoms with van der Waals surface area (Å²) in [5, 5.41) is 13.1. The van der Waals surface area contributed by atoms with E-state index >= 15 is 0 Å². The van der Waals surface area contributed by atoms with Gasteiger partial charge in [0.15, 0.2) is 0 Å². The zero-order valence-electron chi connectivity index (χ0n) is 15.6. The van der Waals surface area contributed by atoms with Crippen molar-refractivity contribution in [3.63, 3.8) is 0 Å². The van der Waals surface area contributed by atoms with Gasteiger partial charge in [-0.05, 0) is 55.5 Å². The summed E-state index contributed by atoms with van der Waals surface area (Å²) in [7, 11) is 1.62. The van der Waals surface area contributed by atoms with Crippen molar-refractivity contribution in [2.24, 2.45) is 4.99 Å². The van der Waals surface area contributed by atoms with Crippen LogP contribution >= 0.6 is 22.9 Å². The Morgan fingerprint density at radius 2 is 1.86 bits per heavy atom. The first kappa shape index (κ1) is 19.1. The van der Waals surface area contributed by atoms with Crippen LogP contribution in [0.25, 0.3) is 16.3 Å². The molecule has 9 heteroatoms. The maximum atomic E-state index is 12.7. The minimum absolute atomic E-state index is 0.200. The fourth-order valence-electron chi connectivity index (χ4n) is 2.72. The molecule has 7 nitrogen and oxygen atoms in total. The molecule has 0 amide bonds. The van der Waals surface area contributed by atoms with Gasteiger partial charge >= 0.3 is 0 Å². The molecule has 0 aliphatic carbocycles. The number of benzene rings is 2. The highest BCUT2D eigenvalue weighted by Crippen LogP contribution is 2.29. The zero-order valence-corrected chi connectivity index (χ0v) is 17.2. The van der Waals surface area contributed by atoms with E-state index in [9.17, 15) is 4.79 Å². The van der Waals surface area contributed by atoms with Crippen molar-refractivity contribution in [2.75, 3.05) is 7.11 Å². The van der Waals surface area contributed by atoms with Crippen LogP contribution in [0.3, 0.4) is 0 Å². The Bertz CT molecular complexity index is 1220. The van der Waals surface area contributed by atoms with Gasteiger partial charge in [-0.15, -0.1) is 10.2 Å². The Morgan fingerprint density at radius 1 is 1.14 bits per heavy atom. The number of ether oxygens (including phenoxy) is 1. The second-order valence-corrected chi connectivity index (χ2v) is 7.54. The average Bonchev–Trinajstić information content (AvgIpc) is 3.32. The summed E-state index contributed by atoms with van der Waals surface area (Å²) in [4.78, 5) is 17.1. The molecule has 0 spiro atoms. The Hall–Kier alpha value is -3.23. The van der Waals surface area contributed by atoms with Crippen LogP contribution in [0.1, 0.15) is 11.3 Å². The summed E-state index contributed by atoms with van der Waals surface area (Å²) in [5.74, 6) is 0.774. The number of aromatic nitrogens is 4. The smallest absolute Gasteiger partial charge is 0.280 e. The zero-order chi connectivity index (χ0) is 20.4. The number of rotatable bonds is 5. The summed E-state index contributed by atoms with van der Waals surface area (Å²) in [6.45, 7) is 1.82. The number of methoxy groups -OCH3 is 1. The third-order valence-electron chi connectivity index (χ3n) is 4.26. The number of H-pyrrole nitrogens is 1. The lowest BCUT2D eigenvalue weighted by molar-refractivity contribution is 0.415. The van der Waals surface area contributed by atoms with Gasteiger partial charge in [-0.2, -0.15) is 0 Å². The van der Waals surface area contributed by atoms with Crippen LogP contribution in [0.15, 0.2) is 58.3 Å². The van der Waals surface area contributed by atoms with Crippen molar-refractivity contribution >= 4 is 34.3 Å². The Labute approximate surface area is 175 Å². The van der Waals surface area contributed by atoms with E-state index in [0.717, 1.165) is 16.3 Å². The maximum Gasteiger partial charge on any atom is 0.280 e. The maximum absolute atomic E-state index is 12.7. The summed E-state index contributed by atoms with van der Waals surface area (Å²) in [5.41, 5.74) is 2.58. The molecule has 146 valence electrons. The van der Waals surface area contributed by atoms with E-state index in [2.05, 4.69) is 20.3 Å². The van der Waals surface area contributed by atoms with Crippen molar-refractivity contribution in [1.82, 2.24) is 20.0 Å². The van der Waals surface area contributed by atoms with Gasteiger partial charge in [-0.1, -0.05) is 22.9 Å². The molecule has 0 saturated carbocycles. The molecular formula is C20H16ClN5O2S. The highest BCUT2D eigenvalue weighted by Gasteiger charge is 2.11. The molecule has 2 aromatic carbocycles. The van der Waals surface area contributed by atoms with Gasteiger partial charge in [0.1, 0.15) is 10.8 Å². The van der Waals surface area contributed by atoms with Crippen molar-refractivity contribution < 1.29 is 4.74 Å². The molecule has 2 heterocycles. The van der Waals surface area contributed by atoms with E-state index in [0.29, 0.717) is 27.1 Å². The predicted octanol–water partition coefficient (Wildman–Crippen LogP) is 4.41. The molecule has 0 aliphatic rings. The molecule has 4 rings (SSSR count). The second-order valence-electron chi connectivity index (χ2n) is 6.14. The first-order valence-corrected chi connectivity index (χ1v) is 9.84. The number of nitrogens with one attached hydrogen (secondary N) is 1. The Kier molecular flexibility index (Phi) is 5.28. The van der Waals surface area contributed by atoms with Gasteiger partial charge < -0.3 is 4.74 Å². The lowest BCUT2D eigenvalue weighted by Gasteiger charge is -2.00. The molecule has 0 bridgehead atoms. The number of aromatic amines is 1. The van der Waals surface area contributed by atoms with E-state index in [-0.39, 0.29) is 5.56 Å². The highest BCUT2D eigenvalue weighted by atomic mass is 35.5. The summed E-state index contributed by atoms with van der Waals surface area (Å²) < 4.78 is 6.62. The lowest BCUT2D eigenvalue weighted by atomic mass is 10.2. The molecule has 0 saturated heterocycles. The molecule has 2 aromatic heterocycles. The van der Waals surface area contributed by atoms with Crippen LogP contribution in [0.4, 0.5) is 5.13 Å². The quantitative estimate of drug-likeness (QED) is 0.480. The summed E-state index contributed by atoms with van der Waals surface area (Å²) in [6, 6.07) is 14.6. The normalized spacial score (nSPS) is 11.3. The first-order chi connectivity index (χ1) is 14.0. The molecule has 1 N–H and O–H groups in total. The highest BCUT2D eigenvalue weighted by molar-refractivity contribution is 7.18. The molecule has 29 heavy (non-hydrogen) atoms. The topological polar surface area (TPSA) is 85.2 Å². The number of hydrogen-bond acceptors (Lipinski definition) is 6. The Balaban J connectivity index is 1.59. The monoisotopic (exact) mass is 425 g/mol. The Morgan fingerprint density at radius 3 is 2.55 bits per heavy atom. The van der Waals surface area contributed by atoms with E-state index in [1.165, 1.54) is 22.2 Å². The molecule has 0 unspecified atom stereocenters. The number of nitrogens with zero attached hydrogens (tertiary/aromatic N) is 4. The molecule has 0 aliphatic heterocycles. The van der Waals surface area contributed by atoms with Gasteiger partial charge in [0.2, 0.25) is 5.13 Å². The van der Waals surface area contributed by atoms with Crippen LogP contribution in [-0.4, -0.2) is 33.3 Å². The summed E-state index contributed by atoms with van der Waals surface area (Å²) >= 11 is 7.26. The molecule has 0 atom stereocenters. The number of aliphatic imine (C=N–C) groups is 1. The lowest BCUT2D eigenvalue weighted by Crippen LogP contribution is -2.17. The third-order valence-corrected chi connectivity index (χ3v) is 5.39. The molecule has 0 fully saturated rings. The van der Waals surface area contributed by atoms with E-state index in [1.54, 1.807) is 31.4 Å². The van der Waals surface area contributed by atoms with Crippen LogP contribution < -0.4 is 10.3 Å². The van der Waals surface area contributed by atoms with Crippen molar-refractivity contribution in [3.8, 4) is 22.0 Å². The average molecular weight is 426 g/mol. The van der Waals surface area contributed by atoms with Crippen LogP contribution in [0.5, 0.6) is 5.75 Å². The molecule has 4 aromatic rings. The van der Waals surface area contributed by atoms with Crippen molar-refractivity contribution in [2.45, 2.75) is 6.92 Å². The van der Waals surface area contributed by atoms with Crippen molar-refractivity contribution in [1.29, 1.82) is 0 Å². The van der Waals surface area contributed by atoms with E-state index < -0.39 is 0 Å². The third kappa shape index (κ3) is 3.98. The van der Waals surface area contributed by atoms with Gasteiger partial charge in [0.25, 0.3) is 5.56 Å². The first-order valence-electron chi connectivity index (χ1n) is 8.64. The van der Waals surface area contributed by atoms with E-state index in [4.69, 9.17) is 16.3 Å². The fourth-order valence-corrected chi connectivity index (χ4v) is 3.54. The SMILES string of the molecule is COc1ccc(-c2nnc(N=Cc3c(C)[nH]n(-c4ccc(Cl)cc4)c3=O)s2)cc1. The summed E-state index contributed by atoms with van der Waals surface area (Å²) in [6.07, 6.45) is 1.51. The standard InChI is InChI=1S/C20H16ClN5O2S/c1-12-17(19(27)26(25-12)15-7-5-14(21)6-8-15)11-22-20-24-23-18(29-20)13-3-9-16(28-2)10-4-13/h3-11,25H,1-2H3. The number of aryl methyl sites for hydroxylation is 1. The van der Waals surface area contributed by atoms with Gasteiger partial charge in [0, 0.05) is 22.5 Å². The van der Waals surface area contributed by atoms with Crippen LogP contribution in [0, 0.1) is 6.92 Å². The van der Waals surface area contributed by atoms with Gasteiger partial charge in [-0.25, -0.2) is 9.67 Å². The molecular weight excluding hydrogens is 410 g/mol. The fraction of sp³-hybridized carbons (Fsp3) is 0.100. The second kappa shape index (κ2) is 8.02. The van der Waals surface area contributed by atoms with Gasteiger partial charge in [0.05, 0.1) is 18.4 Å². The number of halogens is 1. The van der Waals surface area contributed by atoms with Crippen LogP contribution in [-0.2, 0) is 0 Å². The van der Waals surface area contributed by atoms with Gasteiger partial charge in [-0.3, -0.25) is 9.89 Å². The van der Waals surface area contributed by atoms with Crippen LogP contribution in [0.2, 0.25) is 5.02 Å². The largest absolute Gasteiger partial charge is 0.497 e. The molecule has 0 radical (unpaired) electrons.